The first kappa shape index (κ1) is 14.7. The molecule has 0 fully saturated rings. The van der Waals surface area contributed by atoms with E-state index in [1.807, 2.05) is 34.0 Å². The minimum Gasteiger partial charge on any atom is -0.294 e. The number of nitrogens with zero attached hydrogens (tertiary/aromatic N) is 2. The quantitative estimate of drug-likeness (QED) is 0.599. The molecule has 96 valence electrons. The van der Waals surface area contributed by atoms with Crippen LogP contribution in [-0.2, 0) is 0 Å². The lowest BCUT2D eigenvalue weighted by molar-refractivity contribution is 0.244. The number of hydrogen-bond donors (Lipinski definition) is 0. The van der Waals surface area contributed by atoms with Gasteiger partial charge >= 0.3 is 0 Å². The maximum Gasteiger partial charge on any atom is 0.135 e. The minimum absolute atomic E-state index is 0.236. The van der Waals surface area contributed by atoms with Gasteiger partial charge in [0, 0.05) is 6.07 Å². The van der Waals surface area contributed by atoms with Gasteiger partial charge in [0.15, 0.2) is 0 Å². The second-order valence-corrected chi connectivity index (χ2v) is 6.22. The lowest BCUT2D eigenvalue weighted by Gasteiger charge is -2.38. The van der Waals surface area contributed by atoms with Crippen LogP contribution in [-0.4, -0.2) is 30.1 Å². The van der Waals surface area contributed by atoms with Crippen molar-refractivity contribution < 1.29 is 4.39 Å². The van der Waals surface area contributed by atoms with Gasteiger partial charge in [-0.25, -0.2) is 4.39 Å². The van der Waals surface area contributed by atoms with Crippen molar-refractivity contribution in [3.05, 3.63) is 30.1 Å². The Kier molecular flexibility index (Phi) is 4.42. The van der Waals surface area contributed by atoms with E-state index in [1.165, 1.54) is 12.1 Å². The third-order valence-corrected chi connectivity index (χ3v) is 3.66. The Hall–Kier alpha value is -0.350. The Morgan fingerprint density at radius 2 is 1.88 bits per heavy atom. The normalized spacial score (nSPS) is 13.2. The van der Waals surface area contributed by atoms with Gasteiger partial charge in [0.05, 0.1) is 19.6 Å². The summed E-state index contributed by atoms with van der Waals surface area (Å²) in [6.07, 6.45) is 0. The molecule has 0 N–H and O–H groups in total. The number of quaternary nitrogens is 1. The maximum atomic E-state index is 13.2. The van der Waals surface area contributed by atoms with Crippen molar-refractivity contribution >= 4 is 29.2 Å². The summed E-state index contributed by atoms with van der Waals surface area (Å²) in [5, 5.41) is 0. The van der Waals surface area contributed by atoms with E-state index < -0.39 is 5.54 Å². The first-order valence-corrected chi connectivity index (χ1v) is 6.04. The van der Waals surface area contributed by atoms with Crippen molar-refractivity contribution in [2.45, 2.75) is 19.4 Å². The van der Waals surface area contributed by atoms with E-state index in [0.717, 1.165) is 9.63 Å². The predicted octanol–water partition coefficient (Wildman–Crippen LogP) is 3.78. The van der Waals surface area contributed by atoms with Crippen LogP contribution in [0.3, 0.4) is 0 Å². The Morgan fingerprint density at radius 1 is 1.29 bits per heavy atom. The molecule has 2 nitrogen and oxygen atoms in total. The standard InChI is InChI=1S/C12H18Cl2FN2/c1-12(2,16(13)14)9-17(3,4)11-7-5-6-10(15)8-11/h5-8H,9H2,1-4H3/q+1. The first-order valence-electron chi connectivity index (χ1n) is 5.36. The van der Waals surface area contributed by atoms with Crippen LogP contribution in [0.1, 0.15) is 13.8 Å². The summed E-state index contributed by atoms with van der Waals surface area (Å²) < 4.78 is 14.9. The molecule has 5 heteroatoms. The molecule has 1 aromatic rings. The third-order valence-electron chi connectivity index (χ3n) is 2.75. The Labute approximate surface area is 112 Å². The third kappa shape index (κ3) is 3.81. The fourth-order valence-electron chi connectivity index (χ4n) is 1.96. The van der Waals surface area contributed by atoms with Gasteiger partial charge in [-0.2, -0.15) is 0 Å². The monoisotopic (exact) mass is 279 g/mol. The molecular weight excluding hydrogens is 262 g/mol. The van der Waals surface area contributed by atoms with Crippen LogP contribution < -0.4 is 4.48 Å². The fraction of sp³-hybridized carbons (Fsp3) is 0.500. The molecule has 1 rings (SSSR count). The second-order valence-electron chi connectivity index (χ2n) is 5.37. The van der Waals surface area contributed by atoms with Crippen LogP contribution >= 0.6 is 23.6 Å². The SMILES string of the molecule is CC(C)(C[N+](C)(C)c1cccc(F)c1)N(Cl)Cl. The van der Waals surface area contributed by atoms with Gasteiger partial charge in [0.25, 0.3) is 0 Å². The summed E-state index contributed by atoms with van der Waals surface area (Å²) in [6.45, 7) is 4.53. The van der Waals surface area contributed by atoms with Crippen molar-refractivity contribution in [1.29, 1.82) is 0 Å². The van der Waals surface area contributed by atoms with Crippen molar-refractivity contribution in [3.8, 4) is 0 Å². The number of halogens is 3. The summed E-state index contributed by atoms with van der Waals surface area (Å²) in [5.74, 6) is -0.236. The maximum absolute atomic E-state index is 13.2. The zero-order valence-electron chi connectivity index (χ0n) is 10.5. The Balaban J connectivity index is 2.96. The minimum atomic E-state index is -0.404. The largest absolute Gasteiger partial charge is 0.294 e. The molecule has 0 atom stereocenters. The van der Waals surface area contributed by atoms with Crippen molar-refractivity contribution in [2.24, 2.45) is 0 Å². The summed E-state index contributed by atoms with van der Waals surface area (Å²) in [5.41, 5.74) is 0.479. The summed E-state index contributed by atoms with van der Waals surface area (Å²) in [4.78, 5) is 0. The molecule has 0 aliphatic rings. The number of rotatable bonds is 4. The highest BCUT2D eigenvalue weighted by atomic mass is 35.5. The van der Waals surface area contributed by atoms with Crippen LogP contribution in [0.2, 0.25) is 0 Å². The zero-order valence-corrected chi connectivity index (χ0v) is 12.1. The molecular formula is C12H18Cl2FN2+. The lowest BCUT2D eigenvalue weighted by atomic mass is 10.0. The van der Waals surface area contributed by atoms with E-state index in [9.17, 15) is 4.39 Å². The fourth-order valence-corrected chi connectivity index (χ4v) is 2.07. The van der Waals surface area contributed by atoms with Gasteiger partial charge in [-0.1, -0.05) is 6.07 Å². The Morgan fingerprint density at radius 3 is 2.35 bits per heavy atom. The van der Waals surface area contributed by atoms with E-state index in [-0.39, 0.29) is 5.82 Å². The molecule has 0 aliphatic carbocycles. The van der Waals surface area contributed by atoms with Gasteiger partial charge in [-0.05, 0) is 49.5 Å². The van der Waals surface area contributed by atoms with Crippen molar-refractivity contribution in [1.82, 2.24) is 8.42 Å². The lowest BCUT2D eigenvalue weighted by Crippen LogP contribution is -2.53. The van der Waals surface area contributed by atoms with Gasteiger partial charge in [0.2, 0.25) is 0 Å². The van der Waals surface area contributed by atoms with Crippen molar-refractivity contribution in [3.63, 3.8) is 0 Å². The van der Waals surface area contributed by atoms with E-state index in [1.54, 1.807) is 6.07 Å². The molecule has 0 spiro atoms. The van der Waals surface area contributed by atoms with Crippen LogP contribution in [0.4, 0.5) is 10.1 Å². The molecule has 0 amide bonds. The van der Waals surface area contributed by atoms with Crippen LogP contribution in [0.5, 0.6) is 0 Å². The smallest absolute Gasteiger partial charge is 0.135 e. The van der Waals surface area contributed by atoms with E-state index in [4.69, 9.17) is 23.6 Å². The number of hydrogen-bond acceptors (Lipinski definition) is 1. The van der Waals surface area contributed by atoms with E-state index in [2.05, 4.69) is 0 Å². The van der Waals surface area contributed by atoms with Gasteiger partial charge < -0.3 is 0 Å². The molecule has 0 saturated carbocycles. The number of likely N-dealkylation sites (N-methyl/N-ethyl adjacent to an activating group) is 1. The molecule has 1 aromatic carbocycles. The summed E-state index contributed by atoms with van der Waals surface area (Å²) in [7, 11) is 3.99. The summed E-state index contributed by atoms with van der Waals surface area (Å²) >= 11 is 11.6. The molecule has 0 radical (unpaired) electrons. The molecule has 0 aromatic heterocycles. The predicted molar refractivity (Wildman–Crippen MR) is 72.5 cm³/mol. The average molecular weight is 280 g/mol. The zero-order chi connectivity index (χ0) is 13.3. The van der Waals surface area contributed by atoms with Crippen molar-refractivity contribution in [2.75, 3.05) is 20.6 Å². The molecule has 0 bridgehead atoms. The second kappa shape index (κ2) is 5.11. The Bertz CT molecular complexity index is 392. The van der Waals surface area contributed by atoms with Crippen LogP contribution in [0.25, 0.3) is 0 Å². The molecule has 17 heavy (non-hydrogen) atoms. The van der Waals surface area contributed by atoms with Crippen LogP contribution in [0.15, 0.2) is 24.3 Å². The number of benzene rings is 1. The van der Waals surface area contributed by atoms with Gasteiger partial charge in [-0.15, -0.1) is 3.94 Å². The molecule has 0 heterocycles. The van der Waals surface area contributed by atoms with E-state index in [0.29, 0.717) is 11.0 Å². The molecule has 0 saturated heterocycles. The van der Waals surface area contributed by atoms with Gasteiger partial charge in [0.1, 0.15) is 18.0 Å². The topological polar surface area (TPSA) is 3.24 Å². The van der Waals surface area contributed by atoms with Crippen LogP contribution in [0, 0.1) is 5.82 Å². The highest BCUT2D eigenvalue weighted by molar-refractivity contribution is 6.34. The summed E-state index contributed by atoms with van der Waals surface area (Å²) in [6, 6.07) is 6.57. The first-order chi connectivity index (χ1) is 7.65. The highest BCUT2D eigenvalue weighted by Gasteiger charge is 2.34. The molecule has 0 unspecified atom stereocenters. The van der Waals surface area contributed by atoms with E-state index >= 15 is 0 Å². The highest BCUT2D eigenvalue weighted by Crippen LogP contribution is 2.27. The van der Waals surface area contributed by atoms with Gasteiger partial charge in [-0.3, -0.25) is 4.48 Å². The average Bonchev–Trinajstić information content (AvgIpc) is 2.15. The molecule has 0 aliphatic heterocycles.